The smallest absolute Gasteiger partial charge is 0.343 e. The zero-order valence-corrected chi connectivity index (χ0v) is 24.8. The van der Waals surface area contributed by atoms with Crippen molar-refractivity contribution in [2.75, 3.05) is 19.8 Å². The predicted molar refractivity (Wildman–Crippen MR) is 163 cm³/mol. The van der Waals surface area contributed by atoms with Gasteiger partial charge in [0.05, 0.1) is 24.9 Å². The standard InChI is InChI=1S/C35H48O6/c1-3-5-6-7-10-25-38-31-19-13-28(14-20-31)29-15-23-33(24-16-29)41-35(37)30-17-21-32(22-18-30)39-26-11-8-9-12-27-40-34(36)4-2/h4,15-18,21-24,28,31H,2-3,5-14,19-20,25-27H2,1H3. The molecule has 0 atom stereocenters. The Hall–Kier alpha value is -3.12. The lowest BCUT2D eigenvalue weighted by molar-refractivity contribution is -0.137. The molecule has 0 unspecified atom stereocenters. The first-order valence-electron chi connectivity index (χ1n) is 15.5. The third-order valence-corrected chi connectivity index (χ3v) is 7.65. The second-order valence-corrected chi connectivity index (χ2v) is 10.9. The van der Waals surface area contributed by atoms with Gasteiger partial charge in [-0.2, -0.15) is 0 Å². The van der Waals surface area contributed by atoms with Crippen LogP contribution >= 0.6 is 0 Å². The first kappa shape index (κ1) is 32.4. The van der Waals surface area contributed by atoms with Gasteiger partial charge in [-0.05, 0) is 106 Å². The van der Waals surface area contributed by atoms with E-state index in [-0.39, 0.29) is 11.9 Å². The first-order chi connectivity index (χ1) is 20.1. The molecule has 0 N–H and O–H groups in total. The van der Waals surface area contributed by atoms with Crippen molar-refractivity contribution < 1.29 is 28.5 Å². The third kappa shape index (κ3) is 12.5. The fraction of sp³-hybridized carbons (Fsp3) is 0.543. The van der Waals surface area contributed by atoms with E-state index in [1.54, 1.807) is 24.3 Å². The quantitative estimate of drug-likeness (QED) is 0.0736. The van der Waals surface area contributed by atoms with Crippen LogP contribution in [0.15, 0.2) is 61.2 Å². The maximum absolute atomic E-state index is 12.6. The Kier molecular flexibility index (Phi) is 15.1. The van der Waals surface area contributed by atoms with Gasteiger partial charge in [0.2, 0.25) is 0 Å². The van der Waals surface area contributed by atoms with Gasteiger partial charge in [-0.3, -0.25) is 0 Å². The van der Waals surface area contributed by atoms with E-state index in [0.717, 1.165) is 63.7 Å². The van der Waals surface area contributed by atoms with Gasteiger partial charge in [0.1, 0.15) is 11.5 Å². The summed E-state index contributed by atoms with van der Waals surface area (Å²) in [4.78, 5) is 23.6. The van der Waals surface area contributed by atoms with Crippen LogP contribution < -0.4 is 9.47 Å². The van der Waals surface area contributed by atoms with Gasteiger partial charge in [0.15, 0.2) is 0 Å². The minimum atomic E-state index is -0.381. The molecule has 0 aromatic heterocycles. The largest absolute Gasteiger partial charge is 0.494 e. The van der Waals surface area contributed by atoms with Gasteiger partial charge in [-0.1, -0.05) is 51.3 Å². The van der Waals surface area contributed by atoms with Crippen molar-refractivity contribution in [3.05, 3.63) is 72.3 Å². The van der Waals surface area contributed by atoms with Crippen molar-refractivity contribution in [2.24, 2.45) is 0 Å². The van der Waals surface area contributed by atoms with Crippen LogP contribution in [0.1, 0.15) is 112 Å². The van der Waals surface area contributed by atoms with E-state index in [1.165, 1.54) is 43.7 Å². The molecule has 6 heteroatoms. The van der Waals surface area contributed by atoms with E-state index in [9.17, 15) is 9.59 Å². The van der Waals surface area contributed by atoms with Crippen molar-refractivity contribution in [3.63, 3.8) is 0 Å². The first-order valence-corrected chi connectivity index (χ1v) is 15.5. The summed E-state index contributed by atoms with van der Waals surface area (Å²) < 4.78 is 22.5. The molecule has 1 saturated carbocycles. The lowest BCUT2D eigenvalue weighted by Crippen LogP contribution is -2.21. The predicted octanol–water partition coefficient (Wildman–Crippen LogP) is 8.59. The summed E-state index contributed by atoms with van der Waals surface area (Å²) in [5, 5.41) is 0. The zero-order valence-electron chi connectivity index (χ0n) is 24.8. The Labute approximate surface area is 246 Å². The molecule has 0 amide bonds. The lowest BCUT2D eigenvalue weighted by atomic mass is 9.83. The molecule has 0 spiro atoms. The fourth-order valence-corrected chi connectivity index (χ4v) is 5.16. The summed E-state index contributed by atoms with van der Waals surface area (Å²) in [6, 6.07) is 15.0. The van der Waals surface area contributed by atoms with Crippen molar-refractivity contribution in [2.45, 2.75) is 102 Å². The number of carbonyl (C=O) groups excluding carboxylic acids is 2. The lowest BCUT2D eigenvalue weighted by Gasteiger charge is -2.29. The molecule has 0 radical (unpaired) electrons. The molecular weight excluding hydrogens is 516 g/mol. The number of esters is 2. The molecule has 1 aliphatic carbocycles. The molecule has 224 valence electrons. The van der Waals surface area contributed by atoms with E-state index in [1.807, 2.05) is 12.1 Å². The highest BCUT2D eigenvalue weighted by Crippen LogP contribution is 2.35. The Bertz CT molecular complexity index is 1020. The Balaban J connectivity index is 1.30. The van der Waals surface area contributed by atoms with Gasteiger partial charge in [-0.25, -0.2) is 9.59 Å². The van der Waals surface area contributed by atoms with Gasteiger partial charge in [0.25, 0.3) is 0 Å². The van der Waals surface area contributed by atoms with Crippen molar-refractivity contribution in [3.8, 4) is 11.5 Å². The number of ether oxygens (including phenoxy) is 4. The number of unbranched alkanes of at least 4 members (excludes halogenated alkanes) is 7. The molecule has 2 aromatic carbocycles. The molecule has 1 fully saturated rings. The number of hydrogen-bond acceptors (Lipinski definition) is 6. The minimum absolute atomic E-state index is 0.379. The van der Waals surface area contributed by atoms with E-state index in [4.69, 9.17) is 18.9 Å². The second-order valence-electron chi connectivity index (χ2n) is 10.9. The van der Waals surface area contributed by atoms with Crippen LogP contribution in [-0.2, 0) is 14.3 Å². The van der Waals surface area contributed by atoms with Crippen LogP contribution in [0, 0.1) is 0 Å². The molecule has 41 heavy (non-hydrogen) atoms. The summed E-state index contributed by atoms with van der Waals surface area (Å²) in [6.45, 7) is 7.53. The summed E-state index contributed by atoms with van der Waals surface area (Å²) in [7, 11) is 0. The van der Waals surface area contributed by atoms with Crippen LogP contribution in [0.4, 0.5) is 0 Å². The third-order valence-electron chi connectivity index (χ3n) is 7.65. The maximum Gasteiger partial charge on any atom is 0.343 e. The average Bonchev–Trinajstić information content (AvgIpc) is 3.01. The highest BCUT2D eigenvalue weighted by molar-refractivity contribution is 5.91. The molecule has 3 rings (SSSR count). The summed E-state index contributed by atoms with van der Waals surface area (Å²) in [5.74, 6) is 1.06. The van der Waals surface area contributed by atoms with E-state index >= 15 is 0 Å². The highest BCUT2D eigenvalue weighted by atomic mass is 16.5. The number of carbonyl (C=O) groups is 2. The number of benzene rings is 2. The normalized spacial score (nSPS) is 16.6. The van der Waals surface area contributed by atoms with Crippen molar-refractivity contribution in [1.29, 1.82) is 0 Å². The van der Waals surface area contributed by atoms with Gasteiger partial charge >= 0.3 is 11.9 Å². The van der Waals surface area contributed by atoms with Crippen LogP contribution in [0.25, 0.3) is 0 Å². The Morgan fingerprint density at radius 1 is 0.756 bits per heavy atom. The molecule has 0 bridgehead atoms. The van der Waals surface area contributed by atoms with Crippen LogP contribution in [-0.4, -0.2) is 37.9 Å². The number of hydrogen-bond donors (Lipinski definition) is 0. The van der Waals surface area contributed by atoms with Crippen molar-refractivity contribution >= 4 is 11.9 Å². The summed E-state index contributed by atoms with van der Waals surface area (Å²) in [6.07, 6.45) is 16.2. The van der Waals surface area contributed by atoms with E-state index < -0.39 is 0 Å². The molecule has 1 aliphatic rings. The fourth-order valence-electron chi connectivity index (χ4n) is 5.16. The molecule has 2 aromatic rings. The van der Waals surface area contributed by atoms with Gasteiger partial charge in [0, 0.05) is 12.7 Å². The molecule has 0 saturated heterocycles. The van der Waals surface area contributed by atoms with Crippen molar-refractivity contribution in [1.82, 2.24) is 0 Å². The van der Waals surface area contributed by atoms with Crippen LogP contribution in [0.3, 0.4) is 0 Å². The van der Waals surface area contributed by atoms with Gasteiger partial charge in [-0.15, -0.1) is 0 Å². The SMILES string of the molecule is C=CC(=O)OCCCCCCOc1ccc(C(=O)Oc2ccc(C3CCC(OCCCCCCC)CC3)cc2)cc1. The Morgan fingerprint density at radius 2 is 1.37 bits per heavy atom. The average molecular weight is 565 g/mol. The molecule has 0 heterocycles. The molecule has 0 aliphatic heterocycles. The Morgan fingerprint density at radius 3 is 2.02 bits per heavy atom. The monoisotopic (exact) mass is 564 g/mol. The molecule has 6 nitrogen and oxygen atoms in total. The zero-order chi connectivity index (χ0) is 29.1. The van der Waals surface area contributed by atoms with Crippen LogP contribution in [0.5, 0.6) is 11.5 Å². The summed E-state index contributed by atoms with van der Waals surface area (Å²) in [5.41, 5.74) is 1.79. The topological polar surface area (TPSA) is 71.1 Å². The maximum atomic E-state index is 12.6. The summed E-state index contributed by atoms with van der Waals surface area (Å²) >= 11 is 0. The molecular formula is C35H48O6. The van der Waals surface area contributed by atoms with E-state index in [2.05, 4.69) is 25.6 Å². The number of rotatable bonds is 19. The minimum Gasteiger partial charge on any atom is -0.494 e. The second kappa shape index (κ2) is 19.1. The highest BCUT2D eigenvalue weighted by Gasteiger charge is 2.23. The van der Waals surface area contributed by atoms with Crippen LogP contribution in [0.2, 0.25) is 0 Å². The van der Waals surface area contributed by atoms with E-state index in [0.29, 0.717) is 36.5 Å². The van der Waals surface area contributed by atoms with Gasteiger partial charge < -0.3 is 18.9 Å².